The van der Waals surface area contributed by atoms with Crippen molar-refractivity contribution in [3.8, 4) is 34.0 Å². The molecule has 138 valence electrons. The van der Waals surface area contributed by atoms with Gasteiger partial charge in [-0.1, -0.05) is 6.07 Å². The molecule has 0 amide bonds. The molecule has 0 spiro atoms. The monoisotopic (exact) mass is 374 g/mol. The minimum Gasteiger partial charge on any atom is -0.488 e. The Balaban J connectivity index is 1.74. The second kappa shape index (κ2) is 6.15. The van der Waals surface area contributed by atoms with Crippen LogP contribution in [0.3, 0.4) is 0 Å². The van der Waals surface area contributed by atoms with Crippen LogP contribution < -0.4 is 9.47 Å². The third kappa shape index (κ3) is 3.14. The molecule has 27 heavy (non-hydrogen) atoms. The summed E-state index contributed by atoms with van der Waals surface area (Å²) >= 11 is 0. The topological polar surface area (TPSA) is 53.4 Å². The van der Waals surface area contributed by atoms with Crippen molar-refractivity contribution in [2.45, 2.75) is 13.0 Å². The molecule has 0 radical (unpaired) electrons. The summed E-state index contributed by atoms with van der Waals surface area (Å²) in [6, 6.07) is 10.7. The maximum absolute atomic E-state index is 12.3. The molecule has 8 heteroatoms. The van der Waals surface area contributed by atoms with Gasteiger partial charge in [-0.15, -0.1) is 13.2 Å². The molecule has 5 nitrogen and oxygen atoms in total. The predicted octanol–water partition coefficient (Wildman–Crippen LogP) is 4.36. The van der Waals surface area contributed by atoms with Gasteiger partial charge in [-0.2, -0.15) is 5.10 Å². The molecule has 1 aromatic heterocycles. The van der Waals surface area contributed by atoms with E-state index in [1.54, 1.807) is 42.1 Å². The summed E-state index contributed by atoms with van der Waals surface area (Å²) in [5, 5.41) is 4.54. The first-order chi connectivity index (χ1) is 12.9. The van der Waals surface area contributed by atoms with Crippen molar-refractivity contribution >= 4 is 6.29 Å². The maximum atomic E-state index is 12.3. The van der Waals surface area contributed by atoms with Crippen LogP contribution in [-0.2, 0) is 13.7 Å². The zero-order chi connectivity index (χ0) is 19.2. The SMILES string of the molecule is Cn1nc2c(c1-c1ccc(OC(F)(F)F)cc1)COc1cc(C=O)ccc1-2. The second-order valence-electron chi connectivity index (χ2n) is 6.03. The molecule has 0 aliphatic carbocycles. The number of alkyl halides is 3. The third-order valence-electron chi connectivity index (χ3n) is 4.28. The highest BCUT2D eigenvalue weighted by Crippen LogP contribution is 2.41. The maximum Gasteiger partial charge on any atom is 0.573 e. The predicted molar refractivity (Wildman–Crippen MR) is 90.5 cm³/mol. The van der Waals surface area contributed by atoms with Crippen LogP contribution in [0.4, 0.5) is 13.2 Å². The van der Waals surface area contributed by atoms with Gasteiger partial charge >= 0.3 is 6.36 Å². The van der Waals surface area contributed by atoms with Gasteiger partial charge in [0.2, 0.25) is 0 Å². The number of benzene rings is 2. The minimum atomic E-state index is -4.73. The van der Waals surface area contributed by atoms with E-state index in [1.165, 1.54) is 12.1 Å². The lowest BCUT2D eigenvalue weighted by molar-refractivity contribution is -0.274. The molecule has 2 aromatic carbocycles. The van der Waals surface area contributed by atoms with Crippen LogP contribution in [0.5, 0.6) is 11.5 Å². The van der Waals surface area contributed by atoms with Crippen molar-refractivity contribution in [2.75, 3.05) is 0 Å². The fourth-order valence-corrected chi connectivity index (χ4v) is 3.17. The van der Waals surface area contributed by atoms with E-state index >= 15 is 0 Å². The Morgan fingerprint density at radius 3 is 2.59 bits per heavy atom. The number of nitrogens with zero attached hydrogens (tertiary/aromatic N) is 2. The molecule has 0 atom stereocenters. The van der Waals surface area contributed by atoms with Gasteiger partial charge in [-0.05, 0) is 36.4 Å². The Hall–Kier alpha value is -3.29. The summed E-state index contributed by atoms with van der Waals surface area (Å²) < 4.78 is 48.3. The number of halogens is 3. The van der Waals surface area contributed by atoms with Crippen molar-refractivity contribution in [1.82, 2.24) is 9.78 Å². The summed E-state index contributed by atoms with van der Waals surface area (Å²) in [7, 11) is 1.76. The normalized spacial score (nSPS) is 12.7. The number of carbonyl (C=O) groups excluding carboxylic acids is 1. The van der Waals surface area contributed by atoms with Gasteiger partial charge in [-0.25, -0.2) is 0 Å². The fourth-order valence-electron chi connectivity index (χ4n) is 3.17. The quantitative estimate of drug-likeness (QED) is 0.640. The highest BCUT2D eigenvalue weighted by Gasteiger charge is 2.31. The summed E-state index contributed by atoms with van der Waals surface area (Å²) in [5.41, 5.74) is 4.26. The van der Waals surface area contributed by atoms with Gasteiger partial charge in [0, 0.05) is 29.3 Å². The number of ether oxygens (including phenoxy) is 2. The van der Waals surface area contributed by atoms with Gasteiger partial charge < -0.3 is 9.47 Å². The Kier molecular flexibility index (Phi) is 3.91. The number of carbonyl (C=O) groups is 1. The van der Waals surface area contributed by atoms with Crippen LogP contribution in [-0.4, -0.2) is 22.4 Å². The first-order valence-electron chi connectivity index (χ1n) is 8.00. The van der Waals surface area contributed by atoms with Crippen LogP contribution in [0.2, 0.25) is 0 Å². The van der Waals surface area contributed by atoms with Crippen LogP contribution in [0.1, 0.15) is 15.9 Å². The number of fused-ring (bicyclic) bond motifs is 3. The zero-order valence-electron chi connectivity index (χ0n) is 14.1. The van der Waals surface area contributed by atoms with Crippen LogP contribution >= 0.6 is 0 Å². The molecule has 3 aromatic rings. The molecule has 1 aliphatic rings. The molecule has 0 N–H and O–H groups in total. The Labute approximate surface area is 151 Å². The fraction of sp³-hybridized carbons (Fsp3) is 0.158. The standard InChI is InChI=1S/C19H13F3N2O3/c1-24-18(12-3-5-13(6-4-12)27-19(20,21)22)15-10-26-16-8-11(9-25)2-7-14(16)17(15)23-24/h2-9H,10H2,1H3. The first-order valence-corrected chi connectivity index (χ1v) is 8.00. The van der Waals surface area contributed by atoms with E-state index in [9.17, 15) is 18.0 Å². The van der Waals surface area contributed by atoms with Crippen LogP contribution in [0.15, 0.2) is 42.5 Å². The van der Waals surface area contributed by atoms with E-state index in [0.29, 0.717) is 16.9 Å². The lowest BCUT2D eigenvalue weighted by atomic mass is 9.98. The van der Waals surface area contributed by atoms with Gasteiger partial charge in [0.15, 0.2) is 0 Å². The summed E-state index contributed by atoms with van der Waals surface area (Å²) in [6.45, 7) is 0.245. The Morgan fingerprint density at radius 2 is 1.93 bits per heavy atom. The van der Waals surface area contributed by atoms with Crippen molar-refractivity contribution in [2.24, 2.45) is 7.05 Å². The number of aryl methyl sites for hydroxylation is 1. The molecule has 0 fully saturated rings. The molecule has 4 rings (SSSR count). The molecular formula is C19H13F3N2O3. The van der Waals surface area contributed by atoms with E-state index in [4.69, 9.17) is 4.74 Å². The molecule has 1 aliphatic heterocycles. The van der Waals surface area contributed by atoms with Gasteiger partial charge in [-0.3, -0.25) is 9.48 Å². The summed E-state index contributed by atoms with van der Waals surface area (Å²) in [6.07, 6.45) is -3.99. The first kappa shape index (κ1) is 17.1. The average molecular weight is 374 g/mol. The molecular weight excluding hydrogens is 361 g/mol. The third-order valence-corrected chi connectivity index (χ3v) is 4.28. The molecule has 0 saturated carbocycles. The highest BCUT2D eigenvalue weighted by molar-refractivity contribution is 5.83. The van der Waals surface area contributed by atoms with Crippen molar-refractivity contribution in [1.29, 1.82) is 0 Å². The Morgan fingerprint density at radius 1 is 1.19 bits per heavy atom. The van der Waals surface area contributed by atoms with E-state index in [0.717, 1.165) is 28.8 Å². The van der Waals surface area contributed by atoms with Crippen molar-refractivity contribution in [3.63, 3.8) is 0 Å². The van der Waals surface area contributed by atoms with E-state index in [2.05, 4.69) is 9.84 Å². The summed E-state index contributed by atoms with van der Waals surface area (Å²) in [4.78, 5) is 10.9. The van der Waals surface area contributed by atoms with Crippen LogP contribution in [0.25, 0.3) is 22.5 Å². The number of aldehydes is 1. The lowest BCUT2D eigenvalue weighted by Crippen LogP contribution is -2.17. The number of rotatable bonds is 3. The smallest absolute Gasteiger partial charge is 0.488 e. The van der Waals surface area contributed by atoms with Crippen molar-refractivity contribution in [3.05, 3.63) is 53.6 Å². The molecule has 0 saturated heterocycles. The molecule has 0 unspecified atom stereocenters. The van der Waals surface area contributed by atoms with E-state index in [1.807, 2.05) is 0 Å². The van der Waals surface area contributed by atoms with E-state index in [-0.39, 0.29) is 12.4 Å². The number of aromatic nitrogens is 2. The van der Waals surface area contributed by atoms with E-state index < -0.39 is 6.36 Å². The molecule has 2 heterocycles. The van der Waals surface area contributed by atoms with Gasteiger partial charge in [0.25, 0.3) is 0 Å². The van der Waals surface area contributed by atoms with Gasteiger partial charge in [0.05, 0.1) is 5.69 Å². The summed E-state index contributed by atoms with van der Waals surface area (Å²) in [5.74, 6) is 0.288. The second-order valence-corrected chi connectivity index (χ2v) is 6.03. The lowest BCUT2D eigenvalue weighted by Gasteiger charge is -2.18. The Bertz CT molecular complexity index is 1020. The largest absolute Gasteiger partial charge is 0.573 e. The van der Waals surface area contributed by atoms with Crippen LogP contribution in [0, 0.1) is 0 Å². The number of hydrogen-bond donors (Lipinski definition) is 0. The zero-order valence-corrected chi connectivity index (χ0v) is 14.1. The van der Waals surface area contributed by atoms with Crippen molar-refractivity contribution < 1.29 is 27.4 Å². The number of hydrogen-bond acceptors (Lipinski definition) is 4. The molecule has 0 bridgehead atoms. The average Bonchev–Trinajstić information content (AvgIpc) is 2.97. The highest BCUT2D eigenvalue weighted by atomic mass is 19.4. The van der Waals surface area contributed by atoms with Gasteiger partial charge in [0.1, 0.15) is 30.1 Å². The minimum absolute atomic E-state index is 0.245.